The van der Waals surface area contributed by atoms with Crippen LogP contribution in [0.2, 0.25) is 0 Å². The number of ether oxygens (including phenoxy) is 1. The van der Waals surface area contributed by atoms with Crippen molar-refractivity contribution < 1.29 is 9.13 Å². The Morgan fingerprint density at radius 2 is 1.80 bits per heavy atom. The van der Waals surface area contributed by atoms with Gasteiger partial charge in [-0.3, -0.25) is 14.6 Å². The van der Waals surface area contributed by atoms with E-state index in [0.717, 1.165) is 76.5 Å². The van der Waals surface area contributed by atoms with Crippen LogP contribution < -0.4 is 5.56 Å². The fourth-order valence-corrected chi connectivity index (χ4v) is 5.38. The molecular formula is C24H30FN3O2. The van der Waals surface area contributed by atoms with Gasteiger partial charge in [0, 0.05) is 69.6 Å². The summed E-state index contributed by atoms with van der Waals surface area (Å²) in [5.74, 6) is 0.702. The molecule has 30 heavy (non-hydrogen) atoms. The van der Waals surface area contributed by atoms with Gasteiger partial charge in [0.2, 0.25) is 0 Å². The van der Waals surface area contributed by atoms with Crippen LogP contribution >= 0.6 is 0 Å². The van der Waals surface area contributed by atoms with Gasteiger partial charge in [0.15, 0.2) is 0 Å². The lowest BCUT2D eigenvalue weighted by Gasteiger charge is -2.43. The normalized spacial score (nSPS) is 25.0. The van der Waals surface area contributed by atoms with Gasteiger partial charge in [-0.25, -0.2) is 4.39 Å². The Bertz CT molecular complexity index is 934. The van der Waals surface area contributed by atoms with Crippen LogP contribution in [0, 0.1) is 11.7 Å². The van der Waals surface area contributed by atoms with Gasteiger partial charge in [0.05, 0.1) is 6.61 Å². The molecule has 0 spiro atoms. The summed E-state index contributed by atoms with van der Waals surface area (Å²) < 4.78 is 20.8. The summed E-state index contributed by atoms with van der Waals surface area (Å²) in [4.78, 5) is 18.1. The molecule has 0 radical (unpaired) electrons. The van der Waals surface area contributed by atoms with Gasteiger partial charge in [-0.2, -0.15) is 0 Å². The van der Waals surface area contributed by atoms with Crippen molar-refractivity contribution in [3.8, 4) is 0 Å². The molecular weight excluding hydrogens is 381 g/mol. The van der Waals surface area contributed by atoms with E-state index in [1.165, 1.54) is 17.8 Å². The zero-order chi connectivity index (χ0) is 20.5. The molecule has 6 heteroatoms. The van der Waals surface area contributed by atoms with Crippen LogP contribution in [0.1, 0.15) is 35.6 Å². The van der Waals surface area contributed by atoms with E-state index in [1.807, 2.05) is 12.1 Å². The summed E-state index contributed by atoms with van der Waals surface area (Å²) in [6, 6.07) is 11.1. The number of pyridine rings is 1. The SMILES string of the molecule is O=c1c(CN2CCCOCC2)ccc2n1C[C@H]1C[C@@H]2CN(Cc2ccc(F)cc2)C1. The minimum absolute atomic E-state index is 0.189. The molecule has 4 heterocycles. The third kappa shape index (κ3) is 4.22. The first-order chi connectivity index (χ1) is 14.7. The predicted molar refractivity (Wildman–Crippen MR) is 114 cm³/mol. The molecule has 0 saturated carbocycles. The van der Waals surface area contributed by atoms with Crippen molar-refractivity contribution in [2.45, 2.75) is 38.4 Å². The van der Waals surface area contributed by atoms with Gasteiger partial charge in [-0.1, -0.05) is 18.2 Å². The second kappa shape index (κ2) is 8.61. The van der Waals surface area contributed by atoms with E-state index in [9.17, 15) is 9.18 Å². The maximum atomic E-state index is 13.3. The number of halogens is 1. The quantitative estimate of drug-likeness (QED) is 0.776. The van der Waals surface area contributed by atoms with Gasteiger partial charge >= 0.3 is 0 Å². The van der Waals surface area contributed by atoms with Crippen molar-refractivity contribution >= 4 is 0 Å². The van der Waals surface area contributed by atoms with Gasteiger partial charge < -0.3 is 9.30 Å². The van der Waals surface area contributed by atoms with Crippen LogP contribution in [0.3, 0.4) is 0 Å². The molecule has 3 aliphatic heterocycles. The zero-order valence-electron chi connectivity index (χ0n) is 17.4. The molecule has 0 amide bonds. The number of likely N-dealkylation sites (tertiary alicyclic amines) is 1. The third-order valence-electron chi connectivity index (χ3n) is 6.79. The standard InChI is InChI=1S/C24H30FN3O2/c25-22-5-2-18(3-6-22)13-27-14-19-12-21(17-27)23-7-4-20(24(29)28(23)15-19)16-26-8-1-10-30-11-9-26/h2-7,19,21H,1,8-17H2/t19-,21+/m0/s1. The van der Waals surface area contributed by atoms with Crippen molar-refractivity contribution in [1.29, 1.82) is 0 Å². The number of hydrogen-bond donors (Lipinski definition) is 0. The average molecular weight is 412 g/mol. The lowest BCUT2D eigenvalue weighted by atomic mass is 9.82. The van der Waals surface area contributed by atoms with E-state index in [0.29, 0.717) is 18.4 Å². The molecule has 0 N–H and O–H groups in total. The topological polar surface area (TPSA) is 37.7 Å². The number of fused-ring (bicyclic) bond motifs is 4. The lowest BCUT2D eigenvalue weighted by molar-refractivity contribution is 0.114. The number of piperidine rings is 1. The summed E-state index contributed by atoms with van der Waals surface area (Å²) in [5, 5.41) is 0. The number of benzene rings is 1. The molecule has 2 saturated heterocycles. The molecule has 1 aromatic heterocycles. The number of rotatable bonds is 4. The highest BCUT2D eigenvalue weighted by Gasteiger charge is 2.35. The molecule has 2 fully saturated rings. The van der Waals surface area contributed by atoms with Crippen molar-refractivity contribution in [1.82, 2.24) is 14.4 Å². The zero-order valence-corrected chi connectivity index (χ0v) is 17.4. The molecule has 1 aromatic carbocycles. The molecule has 2 bridgehead atoms. The number of aromatic nitrogens is 1. The van der Waals surface area contributed by atoms with Gasteiger partial charge in [0.25, 0.3) is 5.56 Å². The Hall–Kier alpha value is -2.02. The number of nitrogens with zero attached hydrogens (tertiary/aromatic N) is 3. The van der Waals surface area contributed by atoms with Crippen molar-refractivity contribution in [3.05, 3.63) is 69.4 Å². The smallest absolute Gasteiger partial charge is 0.255 e. The molecule has 2 atom stereocenters. The van der Waals surface area contributed by atoms with E-state index in [-0.39, 0.29) is 11.4 Å². The molecule has 2 aromatic rings. The summed E-state index contributed by atoms with van der Waals surface area (Å²) in [5.41, 5.74) is 3.43. The average Bonchev–Trinajstić information content (AvgIpc) is 3.01. The summed E-state index contributed by atoms with van der Waals surface area (Å²) in [7, 11) is 0. The van der Waals surface area contributed by atoms with Crippen LogP contribution in [0.4, 0.5) is 4.39 Å². The minimum atomic E-state index is -0.189. The van der Waals surface area contributed by atoms with Gasteiger partial charge in [0.1, 0.15) is 5.82 Å². The van der Waals surface area contributed by atoms with Crippen molar-refractivity contribution in [3.63, 3.8) is 0 Å². The highest BCUT2D eigenvalue weighted by molar-refractivity contribution is 5.23. The number of hydrogen-bond acceptors (Lipinski definition) is 4. The van der Waals surface area contributed by atoms with E-state index in [1.54, 1.807) is 0 Å². The molecule has 5 nitrogen and oxygen atoms in total. The fraction of sp³-hybridized carbons (Fsp3) is 0.542. The Balaban J connectivity index is 1.32. The van der Waals surface area contributed by atoms with Crippen LogP contribution in [0.15, 0.2) is 41.2 Å². The van der Waals surface area contributed by atoms with E-state index >= 15 is 0 Å². The summed E-state index contributed by atoms with van der Waals surface area (Å²) in [6.07, 6.45) is 2.18. The highest BCUT2D eigenvalue weighted by atomic mass is 19.1. The molecule has 5 rings (SSSR count). The monoisotopic (exact) mass is 411 g/mol. The van der Waals surface area contributed by atoms with E-state index in [2.05, 4.69) is 26.5 Å². The Labute approximate surface area is 177 Å². The molecule has 0 unspecified atom stereocenters. The second-order valence-corrected chi connectivity index (χ2v) is 9.06. The largest absolute Gasteiger partial charge is 0.380 e. The summed E-state index contributed by atoms with van der Waals surface area (Å²) in [6.45, 7) is 7.76. The van der Waals surface area contributed by atoms with Crippen LogP contribution in [0.5, 0.6) is 0 Å². The predicted octanol–water partition coefficient (Wildman–Crippen LogP) is 2.83. The van der Waals surface area contributed by atoms with Gasteiger partial charge in [-0.15, -0.1) is 0 Å². The first-order valence-electron chi connectivity index (χ1n) is 11.2. The van der Waals surface area contributed by atoms with Crippen LogP contribution in [0.25, 0.3) is 0 Å². The fourth-order valence-electron chi connectivity index (χ4n) is 5.38. The van der Waals surface area contributed by atoms with Crippen molar-refractivity contribution in [2.75, 3.05) is 39.4 Å². The molecule has 3 aliphatic rings. The highest BCUT2D eigenvalue weighted by Crippen LogP contribution is 2.35. The van der Waals surface area contributed by atoms with E-state index < -0.39 is 0 Å². The first-order valence-corrected chi connectivity index (χ1v) is 11.2. The lowest BCUT2D eigenvalue weighted by Crippen LogP contribution is -2.47. The van der Waals surface area contributed by atoms with Crippen LogP contribution in [-0.4, -0.2) is 53.8 Å². The Morgan fingerprint density at radius 1 is 0.933 bits per heavy atom. The van der Waals surface area contributed by atoms with Gasteiger partial charge in [-0.05, 0) is 42.5 Å². The van der Waals surface area contributed by atoms with E-state index in [4.69, 9.17) is 4.74 Å². The molecule has 160 valence electrons. The second-order valence-electron chi connectivity index (χ2n) is 9.06. The Morgan fingerprint density at radius 3 is 2.67 bits per heavy atom. The molecule has 0 aliphatic carbocycles. The maximum absolute atomic E-state index is 13.3. The minimum Gasteiger partial charge on any atom is -0.380 e. The summed E-state index contributed by atoms with van der Waals surface area (Å²) >= 11 is 0. The third-order valence-corrected chi connectivity index (χ3v) is 6.79. The Kier molecular flexibility index (Phi) is 5.72. The van der Waals surface area contributed by atoms with Crippen molar-refractivity contribution in [2.24, 2.45) is 5.92 Å². The van der Waals surface area contributed by atoms with Crippen LogP contribution in [-0.2, 0) is 24.4 Å². The first kappa shape index (κ1) is 19.9. The maximum Gasteiger partial charge on any atom is 0.255 e.